The number of nitrogens with zero attached hydrogens (tertiary/aromatic N) is 3. The lowest BCUT2D eigenvalue weighted by Crippen LogP contribution is -2.22. The van der Waals surface area contributed by atoms with Gasteiger partial charge in [-0.2, -0.15) is 0 Å². The first kappa shape index (κ1) is 27.0. The first-order valence-electron chi connectivity index (χ1n) is 12.3. The van der Waals surface area contributed by atoms with Crippen molar-refractivity contribution in [3.05, 3.63) is 84.4 Å². The van der Waals surface area contributed by atoms with Crippen molar-refractivity contribution in [3.8, 4) is 0 Å². The normalized spacial score (nSPS) is 13.7. The smallest absolute Gasteiger partial charge is 0.305 e. The molecule has 1 aliphatic carbocycles. The largest absolute Gasteiger partial charge is 0.325 e. The van der Waals surface area contributed by atoms with Gasteiger partial charge in [0.1, 0.15) is 0 Å². The van der Waals surface area contributed by atoms with Gasteiger partial charge in [-0.15, -0.1) is 11.8 Å². The van der Waals surface area contributed by atoms with Crippen LogP contribution < -0.4 is 10.6 Å². The number of benzene rings is 1. The fourth-order valence-corrected chi connectivity index (χ4v) is 8.09. The van der Waals surface area contributed by atoms with E-state index in [0.717, 1.165) is 41.9 Å². The summed E-state index contributed by atoms with van der Waals surface area (Å²) in [6.07, 6.45) is 8.08. The fraction of sp³-hybridized carbons (Fsp3) is 0.222. The quantitative estimate of drug-likeness (QED) is 0.180. The second-order valence-electron chi connectivity index (χ2n) is 8.87. The van der Waals surface area contributed by atoms with E-state index in [2.05, 4.69) is 25.6 Å². The molecule has 39 heavy (non-hydrogen) atoms. The maximum Gasteiger partial charge on any atom is 0.325 e. The van der Waals surface area contributed by atoms with Gasteiger partial charge in [-0.1, -0.05) is 48.4 Å². The summed E-state index contributed by atoms with van der Waals surface area (Å²) in [6, 6.07) is 15.2. The third-order valence-corrected chi connectivity index (χ3v) is 10.5. The molecule has 1 aliphatic rings. The van der Waals surface area contributed by atoms with Gasteiger partial charge in [-0.25, -0.2) is 23.2 Å². The van der Waals surface area contributed by atoms with Crippen molar-refractivity contribution >= 4 is 55.6 Å². The second-order valence-corrected chi connectivity index (χ2v) is 13.0. The number of nitrogens with one attached hydrogen (secondary N) is 2. The lowest BCUT2D eigenvalue weighted by molar-refractivity contribution is 0.0923. The number of thioether (sulfide) groups is 1. The number of thiazole rings is 1. The van der Waals surface area contributed by atoms with Gasteiger partial charge in [0.05, 0.1) is 17.6 Å². The third-order valence-electron chi connectivity index (χ3n) is 6.22. The van der Waals surface area contributed by atoms with Gasteiger partial charge in [0.25, 0.3) is 0 Å². The minimum absolute atomic E-state index is 0.0107. The van der Waals surface area contributed by atoms with Crippen LogP contribution in [0.25, 0.3) is 0 Å². The van der Waals surface area contributed by atoms with Gasteiger partial charge in [-0.05, 0) is 43.2 Å². The molecular formula is C27H25N5O4S3. The Hall–Kier alpha value is -3.61. The summed E-state index contributed by atoms with van der Waals surface area (Å²) in [5.74, 6) is 0.204. The third kappa shape index (κ3) is 6.35. The highest BCUT2D eigenvalue weighted by atomic mass is 32.2. The Morgan fingerprint density at radius 1 is 0.974 bits per heavy atom. The number of aromatic nitrogens is 3. The van der Waals surface area contributed by atoms with E-state index < -0.39 is 15.9 Å². The maximum atomic E-state index is 13.4. The molecule has 4 aromatic rings. The summed E-state index contributed by atoms with van der Waals surface area (Å²) in [6.45, 7) is 0. The second kappa shape index (κ2) is 12.1. The molecule has 9 nitrogen and oxygen atoms in total. The van der Waals surface area contributed by atoms with Crippen molar-refractivity contribution in [2.45, 2.75) is 45.6 Å². The maximum absolute atomic E-state index is 13.4. The zero-order valence-corrected chi connectivity index (χ0v) is 23.2. The Kier molecular flexibility index (Phi) is 8.34. The number of carbonyl (C=O) groups is 2. The monoisotopic (exact) mass is 579 g/mol. The van der Waals surface area contributed by atoms with Gasteiger partial charge in [-0.3, -0.25) is 15.1 Å². The number of urea groups is 1. The number of hydrogen-bond acceptors (Lipinski definition) is 9. The molecule has 2 N–H and O–H groups in total. The zero-order chi connectivity index (χ0) is 27.2. The molecule has 0 aliphatic heterocycles. The molecule has 5 rings (SSSR count). The standard InChI is InChI=1S/C27H25N5O4S3/c33-24(18-8-4-5-9-18)20-13-15-28-16-21(20)30-26(34)32-27-31-22(17-37-19-10-2-1-3-11-19)25(38-27)39(35,36)23-12-6-7-14-29-23/h1-3,6-7,10-16,18H,4-5,8-9,17H2,(H2,30,31,32,34). The van der Waals surface area contributed by atoms with Gasteiger partial charge in [0, 0.05) is 34.5 Å². The van der Waals surface area contributed by atoms with E-state index in [1.165, 1.54) is 36.4 Å². The summed E-state index contributed by atoms with van der Waals surface area (Å²) in [5.41, 5.74) is 1.02. The highest BCUT2D eigenvalue weighted by Gasteiger charge is 2.29. The van der Waals surface area contributed by atoms with Gasteiger partial charge in [0.15, 0.2) is 20.1 Å². The summed E-state index contributed by atoms with van der Waals surface area (Å²) in [5, 5.41) is 5.33. The number of pyridine rings is 2. The molecule has 3 heterocycles. The number of Topliss-reactive ketones (excluding diaryl/α,β-unsaturated/α-hetero) is 1. The van der Waals surface area contributed by atoms with Crippen LogP contribution in [0.15, 0.2) is 87.3 Å². The van der Waals surface area contributed by atoms with E-state index in [0.29, 0.717) is 16.9 Å². The SMILES string of the molecule is O=C(Nc1nc(CSc2ccccc2)c(S(=O)(=O)c2ccccn2)s1)Nc1cnccc1C(=O)C1CCCC1. The molecule has 0 saturated heterocycles. The minimum Gasteiger partial charge on any atom is -0.305 e. The average Bonchev–Trinajstić information content (AvgIpc) is 3.64. The Labute approximate surface area is 234 Å². The lowest BCUT2D eigenvalue weighted by atomic mass is 9.96. The van der Waals surface area contributed by atoms with Crippen LogP contribution in [-0.4, -0.2) is 35.2 Å². The first-order valence-corrected chi connectivity index (χ1v) is 15.6. The Morgan fingerprint density at radius 2 is 1.74 bits per heavy atom. The molecule has 2 amide bonds. The average molecular weight is 580 g/mol. The van der Waals surface area contributed by atoms with Crippen LogP contribution in [0.4, 0.5) is 15.6 Å². The van der Waals surface area contributed by atoms with Gasteiger partial charge >= 0.3 is 6.03 Å². The van der Waals surface area contributed by atoms with E-state index in [4.69, 9.17) is 0 Å². The summed E-state index contributed by atoms with van der Waals surface area (Å²) >= 11 is 2.30. The van der Waals surface area contributed by atoms with Crippen LogP contribution in [0.2, 0.25) is 0 Å². The van der Waals surface area contributed by atoms with E-state index in [1.807, 2.05) is 30.3 Å². The van der Waals surface area contributed by atoms with Crippen LogP contribution in [0.3, 0.4) is 0 Å². The molecular weight excluding hydrogens is 555 g/mol. The number of carbonyl (C=O) groups excluding carboxylic acids is 2. The van der Waals surface area contributed by atoms with Crippen LogP contribution in [0, 0.1) is 5.92 Å². The summed E-state index contributed by atoms with van der Waals surface area (Å²) < 4.78 is 26.9. The summed E-state index contributed by atoms with van der Waals surface area (Å²) in [4.78, 5) is 39.4. The minimum atomic E-state index is -3.97. The number of amides is 2. The van der Waals surface area contributed by atoms with Crippen molar-refractivity contribution in [1.82, 2.24) is 15.0 Å². The van der Waals surface area contributed by atoms with Gasteiger partial charge in [0.2, 0.25) is 9.84 Å². The van der Waals surface area contributed by atoms with Gasteiger partial charge < -0.3 is 5.32 Å². The number of anilines is 2. The molecule has 200 valence electrons. The topological polar surface area (TPSA) is 131 Å². The zero-order valence-electron chi connectivity index (χ0n) is 20.7. The number of hydrogen-bond donors (Lipinski definition) is 2. The molecule has 1 saturated carbocycles. The van der Waals surface area contributed by atoms with Crippen molar-refractivity contribution in [2.24, 2.45) is 5.92 Å². The van der Waals surface area contributed by atoms with Crippen LogP contribution in [-0.2, 0) is 15.6 Å². The highest BCUT2D eigenvalue weighted by molar-refractivity contribution is 7.98. The molecule has 12 heteroatoms. The molecule has 3 aromatic heterocycles. The van der Waals surface area contributed by atoms with Crippen molar-refractivity contribution in [1.29, 1.82) is 0 Å². The highest BCUT2D eigenvalue weighted by Crippen LogP contribution is 2.35. The molecule has 0 radical (unpaired) electrons. The van der Waals surface area contributed by atoms with Crippen LogP contribution in [0.5, 0.6) is 0 Å². The molecule has 1 aromatic carbocycles. The van der Waals surface area contributed by atoms with Crippen LogP contribution >= 0.6 is 23.1 Å². The van der Waals surface area contributed by atoms with E-state index in [-0.39, 0.29) is 31.8 Å². The first-order chi connectivity index (χ1) is 18.9. The molecule has 0 bridgehead atoms. The Balaban J connectivity index is 1.38. The summed E-state index contributed by atoms with van der Waals surface area (Å²) in [7, 11) is -3.97. The predicted octanol–water partition coefficient (Wildman–Crippen LogP) is 6.08. The van der Waals surface area contributed by atoms with E-state index >= 15 is 0 Å². The molecule has 0 unspecified atom stereocenters. The van der Waals surface area contributed by atoms with Crippen molar-refractivity contribution in [2.75, 3.05) is 10.6 Å². The fourth-order valence-electron chi connectivity index (χ4n) is 4.33. The molecule has 1 fully saturated rings. The molecule has 0 spiro atoms. The van der Waals surface area contributed by atoms with E-state index in [9.17, 15) is 18.0 Å². The number of ketones is 1. The number of sulfone groups is 1. The van der Waals surface area contributed by atoms with Crippen LogP contribution in [0.1, 0.15) is 41.7 Å². The van der Waals surface area contributed by atoms with Crippen molar-refractivity contribution in [3.63, 3.8) is 0 Å². The Bertz CT molecular complexity index is 1570. The molecule has 0 atom stereocenters. The van der Waals surface area contributed by atoms with Crippen molar-refractivity contribution < 1.29 is 18.0 Å². The lowest BCUT2D eigenvalue weighted by Gasteiger charge is -2.13. The Morgan fingerprint density at radius 3 is 2.49 bits per heavy atom. The van der Waals surface area contributed by atoms with E-state index in [1.54, 1.807) is 18.2 Å². The number of rotatable bonds is 9. The predicted molar refractivity (Wildman–Crippen MR) is 151 cm³/mol.